The predicted octanol–water partition coefficient (Wildman–Crippen LogP) is -0.783. The van der Waals surface area contributed by atoms with Gasteiger partial charge in [-0.2, -0.15) is 0 Å². The first-order valence-electron chi connectivity index (χ1n) is 15.2. The Balaban J connectivity index is 1.20. The van der Waals surface area contributed by atoms with E-state index >= 15 is 0 Å². The van der Waals surface area contributed by atoms with Gasteiger partial charge in [-0.3, -0.25) is 0 Å². The maximum atomic E-state index is 12.5. The van der Waals surface area contributed by atoms with E-state index in [1.807, 2.05) is 0 Å². The molecule has 2 aliphatic heterocycles. The molecule has 10 atom stereocenters. The first-order valence-corrected chi connectivity index (χ1v) is 15.2. The summed E-state index contributed by atoms with van der Waals surface area (Å²) in [5.41, 5.74) is 0.356. The highest BCUT2D eigenvalue weighted by Crippen LogP contribution is 2.38. The summed E-state index contributed by atoms with van der Waals surface area (Å²) >= 11 is 0. The maximum Gasteiger partial charge on any atom is 0.330 e. The molecule has 2 fully saturated rings. The number of benzene rings is 3. The standard InChI is InChI=1S/C33H36O17/c34-13-23-26(39)28(41)30(43)33(49-23)48-22-12-16(7-9-19(22)37)46-21-11-15(5-8-18(21)36)6-10-25(38)45-14-24-27(40)29(42)31(44)32(50-24)47-20-4-2-1-3-17(20)35/h1-12,23-24,26-37,39-44H,13-14H2. The number of hydrogen-bond donors (Lipinski definition) is 10. The molecule has 17 nitrogen and oxygen atoms in total. The van der Waals surface area contributed by atoms with Crippen molar-refractivity contribution in [1.82, 2.24) is 0 Å². The zero-order chi connectivity index (χ0) is 36.1. The lowest BCUT2D eigenvalue weighted by molar-refractivity contribution is -0.278. The van der Waals surface area contributed by atoms with Gasteiger partial charge in [0.2, 0.25) is 12.6 Å². The molecule has 10 N–H and O–H groups in total. The van der Waals surface area contributed by atoms with E-state index in [1.54, 1.807) is 12.1 Å². The van der Waals surface area contributed by atoms with E-state index in [1.165, 1.54) is 54.6 Å². The highest BCUT2D eigenvalue weighted by Gasteiger charge is 2.46. The van der Waals surface area contributed by atoms with E-state index in [4.69, 9.17) is 28.4 Å². The van der Waals surface area contributed by atoms with Crippen molar-refractivity contribution in [2.24, 2.45) is 0 Å². The van der Waals surface area contributed by atoms with Crippen LogP contribution in [0.25, 0.3) is 6.08 Å². The largest absolute Gasteiger partial charge is 0.504 e. The minimum absolute atomic E-state index is 0.0290. The monoisotopic (exact) mass is 704 g/mol. The third-order valence-corrected chi connectivity index (χ3v) is 7.81. The fourth-order valence-electron chi connectivity index (χ4n) is 5.00. The third-order valence-electron chi connectivity index (χ3n) is 7.81. The number of aliphatic hydroxyl groups excluding tert-OH is 7. The second kappa shape index (κ2) is 15.9. The normalized spacial score (nSPS) is 29.7. The van der Waals surface area contributed by atoms with Gasteiger partial charge in [0.1, 0.15) is 61.2 Å². The van der Waals surface area contributed by atoms with Crippen LogP contribution in [0.4, 0.5) is 0 Å². The molecule has 2 heterocycles. The Morgan fingerprint density at radius 1 is 0.660 bits per heavy atom. The summed E-state index contributed by atoms with van der Waals surface area (Å²) < 4.78 is 32.6. The van der Waals surface area contributed by atoms with Crippen LogP contribution >= 0.6 is 0 Å². The molecular formula is C33H36O17. The van der Waals surface area contributed by atoms with Crippen molar-refractivity contribution < 1.29 is 84.3 Å². The van der Waals surface area contributed by atoms with Gasteiger partial charge >= 0.3 is 5.97 Å². The Hall–Kier alpha value is -4.69. The van der Waals surface area contributed by atoms with Gasteiger partial charge in [0, 0.05) is 12.1 Å². The summed E-state index contributed by atoms with van der Waals surface area (Å²) in [5.74, 6) is -2.24. The quantitative estimate of drug-likeness (QED) is 0.0866. The number of ether oxygens (including phenoxy) is 6. The molecule has 0 amide bonds. The Morgan fingerprint density at radius 3 is 1.92 bits per heavy atom. The lowest BCUT2D eigenvalue weighted by Gasteiger charge is -2.39. The molecule has 2 saturated heterocycles. The summed E-state index contributed by atoms with van der Waals surface area (Å²) in [6.07, 6.45) is -13.4. The Kier molecular flexibility index (Phi) is 11.6. The molecule has 0 aromatic heterocycles. The Labute approximate surface area is 283 Å². The van der Waals surface area contributed by atoms with Crippen molar-refractivity contribution in [3.63, 3.8) is 0 Å². The van der Waals surface area contributed by atoms with E-state index in [2.05, 4.69) is 0 Å². The fraction of sp³-hybridized carbons (Fsp3) is 0.364. The Morgan fingerprint density at radius 2 is 1.24 bits per heavy atom. The predicted molar refractivity (Wildman–Crippen MR) is 166 cm³/mol. The number of carbonyl (C=O) groups is 1. The van der Waals surface area contributed by atoms with E-state index < -0.39 is 86.3 Å². The molecule has 2 aliphatic rings. The van der Waals surface area contributed by atoms with Gasteiger partial charge in [-0.25, -0.2) is 4.79 Å². The number of hydrogen-bond acceptors (Lipinski definition) is 17. The molecule has 3 aromatic rings. The van der Waals surface area contributed by atoms with Crippen molar-refractivity contribution >= 4 is 12.0 Å². The fourth-order valence-corrected chi connectivity index (χ4v) is 5.00. The van der Waals surface area contributed by atoms with E-state index in [0.29, 0.717) is 5.56 Å². The van der Waals surface area contributed by atoms with E-state index in [-0.39, 0.29) is 34.5 Å². The summed E-state index contributed by atoms with van der Waals surface area (Å²) in [5, 5.41) is 101. The van der Waals surface area contributed by atoms with Crippen LogP contribution in [0.3, 0.4) is 0 Å². The topological polar surface area (TPSA) is 275 Å². The molecule has 270 valence electrons. The zero-order valence-electron chi connectivity index (χ0n) is 25.9. The second-order valence-corrected chi connectivity index (χ2v) is 11.3. The van der Waals surface area contributed by atoms with Crippen LogP contribution in [0.5, 0.6) is 40.2 Å². The molecule has 0 aliphatic carbocycles. The number of aliphatic hydroxyl groups is 7. The number of aromatic hydroxyl groups is 3. The van der Waals surface area contributed by atoms with Crippen LogP contribution in [-0.2, 0) is 19.0 Å². The van der Waals surface area contributed by atoms with Crippen LogP contribution in [-0.4, -0.2) is 132 Å². The number of rotatable bonds is 11. The van der Waals surface area contributed by atoms with Crippen molar-refractivity contribution in [2.45, 2.75) is 61.4 Å². The molecule has 0 spiro atoms. The maximum absolute atomic E-state index is 12.5. The van der Waals surface area contributed by atoms with Crippen molar-refractivity contribution in [2.75, 3.05) is 13.2 Å². The number of phenolic OH excluding ortho intramolecular Hbond substituents is 3. The highest BCUT2D eigenvalue weighted by atomic mass is 16.7. The Bertz CT molecular complexity index is 1650. The molecule has 10 unspecified atom stereocenters. The average Bonchev–Trinajstić information content (AvgIpc) is 3.10. The van der Waals surface area contributed by atoms with Gasteiger partial charge in [-0.15, -0.1) is 0 Å². The number of phenols is 3. The van der Waals surface area contributed by atoms with Crippen LogP contribution < -0.4 is 14.2 Å². The van der Waals surface area contributed by atoms with Gasteiger partial charge in [-0.05, 0) is 48.0 Å². The molecule has 17 heteroatoms. The third kappa shape index (κ3) is 8.36. The van der Waals surface area contributed by atoms with E-state index in [0.717, 1.165) is 6.08 Å². The first kappa shape index (κ1) is 36.6. The summed E-state index contributed by atoms with van der Waals surface area (Å²) in [6, 6.07) is 13.6. The molecule has 3 aromatic carbocycles. The van der Waals surface area contributed by atoms with Gasteiger partial charge in [0.15, 0.2) is 34.5 Å². The molecule has 0 radical (unpaired) electrons. The molecule has 50 heavy (non-hydrogen) atoms. The van der Waals surface area contributed by atoms with Crippen molar-refractivity contribution in [3.05, 3.63) is 72.3 Å². The lowest BCUT2D eigenvalue weighted by Crippen LogP contribution is -2.60. The van der Waals surface area contributed by atoms with E-state index in [9.17, 15) is 55.9 Å². The van der Waals surface area contributed by atoms with Crippen molar-refractivity contribution in [3.8, 4) is 40.2 Å². The van der Waals surface area contributed by atoms with Crippen LogP contribution in [0.2, 0.25) is 0 Å². The lowest BCUT2D eigenvalue weighted by atomic mass is 9.99. The van der Waals surface area contributed by atoms with Crippen LogP contribution in [0, 0.1) is 0 Å². The summed E-state index contributed by atoms with van der Waals surface area (Å²) in [4.78, 5) is 12.5. The van der Waals surface area contributed by atoms with Crippen molar-refractivity contribution in [1.29, 1.82) is 0 Å². The molecule has 5 rings (SSSR count). The zero-order valence-corrected chi connectivity index (χ0v) is 25.9. The molecular weight excluding hydrogens is 668 g/mol. The minimum Gasteiger partial charge on any atom is -0.504 e. The summed E-state index contributed by atoms with van der Waals surface area (Å²) in [6.45, 7) is -1.24. The number of para-hydroxylation sites is 2. The van der Waals surface area contributed by atoms with Gasteiger partial charge in [0.25, 0.3) is 0 Å². The molecule has 0 bridgehead atoms. The smallest absolute Gasteiger partial charge is 0.330 e. The molecule has 0 saturated carbocycles. The SMILES string of the molecule is O=C(C=Cc1ccc(O)c(Oc2ccc(O)c(OC3OC(CO)C(O)C(O)C3O)c2)c1)OCC1OC(Oc2ccccc2O)C(O)C(O)C1O. The van der Waals surface area contributed by atoms with Gasteiger partial charge in [-0.1, -0.05) is 18.2 Å². The number of esters is 1. The average molecular weight is 705 g/mol. The minimum atomic E-state index is -1.74. The second-order valence-electron chi connectivity index (χ2n) is 11.3. The highest BCUT2D eigenvalue weighted by molar-refractivity contribution is 5.87. The number of carbonyl (C=O) groups excluding carboxylic acids is 1. The van der Waals surface area contributed by atoms with Crippen LogP contribution in [0.15, 0.2) is 66.7 Å². The van der Waals surface area contributed by atoms with Gasteiger partial charge < -0.3 is 79.5 Å². The van der Waals surface area contributed by atoms with Gasteiger partial charge in [0.05, 0.1) is 6.61 Å². The first-order chi connectivity index (χ1) is 23.9. The van der Waals surface area contributed by atoms with Crippen LogP contribution in [0.1, 0.15) is 5.56 Å². The summed E-state index contributed by atoms with van der Waals surface area (Å²) in [7, 11) is 0.